The molecule has 4 heteroatoms. The first-order valence-corrected chi connectivity index (χ1v) is 7.60. The summed E-state index contributed by atoms with van der Waals surface area (Å²) in [6.45, 7) is 4.10. The van der Waals surface area contributed by atoms with Gasteiger partial charge >= 0.3 is 0 Å². The minimum Gasteiger partial charge on any atom is -0.392 e. The second-order valence-corrected chi connectivity index (χ2v) is 5.78. The van der Waals surface area contributed by atoms with Gasteiger partial charge in [-0.3, -0.25) is 0 Å². The van der Waals surface area contributed by atoms with E-state index < -0.39 is 17.7 Å². The molecule has 0 aliphatic rings. The van der Waals surface area contributed by atoms with Gasteiger partial charge in [0.15, 0.2) is 0 Å². The van der Waals surface area contributed by atoms with Crippen LogP contribution in [-0.4, -0.2) is 11.2 Å². The van der Waals surface area contributed by atoms with E-state index in [1.165, 1.54) is 12.1 Å². The van der Waals surface area contributed by atoms with Crippen molar-refractivity contribution in [3.05, 3.63) is 33.8 Å². The van der Waals surface area contributed by atoms with Gasteiger partial charge in [0, 0.05) is 12.0 Å². The van der Waals surface area contributed by atoms with Gasteiger partial charge in [-0.2, -0.15) is 0 Å². The molecule has 0 amide bonds. The van der Waals surface area contributed by atoms with Crippen LogP contribution < -0.4 is 0 Å². The Bertz CT molecular complexity index is 403. The minimum atomic E-state index is -0.696. The lowest BCUT2D eigenvalue weighted by molar-refractivity contribution is 0.0945. The third-order valence-corrected chi connectivity index (χ3v) is 4.03. The van der Waals surface area contributed by atoms with E-state index in [4.69, 9.17) is 0 Å². The molecule has 0 aliphatic heterocycles. The molecule has 0 bridgehead atoms. The van der Waals surface area contributed by atoms with Gasteiger partial charge in [0.25, 0.3) is 0 Å². The Hall–Kier alpha value is -0.480. The van der Waals surface area contributed by atoms with Crippen molar-refractivity contribution in [3.8, 4) is 0 Å². The van der Waals surface area contributed by atoms with Gasteiger partial charge in [-0.1, -0.05) is 26.7 Å². The summed E-state index contributed by atoms with van der Waals surface area (Å²) < 4.78 is 27.7. The predicted octanol–water partition coefficient (Wildman–Crippen LogP) is 4.85. The van der Waals surface area contributed by atoms with Crippen molar-refractivity contribution in [2.24, 2.45) is 5.92 Å². The van der Waals surface area contributed by atoms with Crippen molar-refractivity contribution in [3.63, 3.8) is 0 Å². The van der Waals surface area contributed by atoms with Crippen LogP contribution in [0.5, 0.6) is 0 Å². The molecule has 1 atom stereocenters. The van der Waals surface area contributed by atoms with Crippen molar-refractivity contribution in [2.75, 3.05) is 0 Å². The van der Waals surface area contributed by atoms with Gasteiger partial charge in [0.05, 0.1) is 10.6 Å². The van der Waals surface area contributed by atoms with E-state index in [0.29, 0.717) is 0 Å². The molecule has 0 saturated carbocycles. The van der Waals surface area contributed by atoms with Gasteiger partial charge in [-0.15, -0.1) is 0 Å². The number of aliphatic hydroxyl groups excluding tert-OH is 1. The molecule has 0 aliphatic carbocycles. The first-order valence-electron chi connectivity index (χ1n) is 6.81. The van der Waals surface area contributed by atoms with Crippen molar-refractivity contribution in [2.45, 2.75) is 52.1 Å². The van der Waals surface area contributed by atoms with Crippen molar-refractivity contribution in [1.82, 2.24) is 0 Å². The molecule has 1 nitrogen and oxygen atoms in total. The van der Waals surface area contributed by atoms with Crippen LogP contribution in [0.25, 0.3) is 0 Å². The Morgan fingerprint density at radius 3 is 2.26 bits per heavy atom. The maximum atomic E-state index is 13.9. The maximum Gasteiger partial charge on any atom is 0.143 e. The smallest absolute Gasteiger partial charge is 0.143 e. The van der Waals surface area contributed by atoms with Gasteiger partial charge in [-0.05, 0) is 46.8 Å². The quantitative estimate of drug-likeness (QED) is 0.707. The highest BCUT2D eigenvalue weighted by molar-refractivity contribution is 9.10. The van der Waals surface area contributed by atoms with E-state index in [1.54, 1.807) is 0 Å². The van der Waals surface area contributed by atoms with Crippen LogP contribution in [0.15, 0.2) is 16.6 Å². The van der Waals surface area contributed by atoms with E-state index in [0.717, 1.165) is 25.7 Å². The molecule has 1 N–H and O–H groups in total. The Kier molecular flexibility index (Phi) is 6.94. The molecule has 0 fully saturated rings. The summed E-state index contributed by atoms with van der Waals surface area (Å²) in [7, 11) is 0. The summed E-state index contributed by atoms with van der Waals surface area (Å²) in [5, 5.41) is 10.2. The van der Waals surface area contributed by atoms with E-state index >= 15 is 0 Å². The molecule has 0 heterocycles. The minimum absolute atomic E-state index is 0.0286. The summed E-state index contributed by atoms with van der Waals surface area (Å²) in [5.41, 5.74) is -0.0286. The average molecular weight is 335 g/mol. The first-order chi connectivity index (χ1) is 9.01. The lowest BCUT2D eigenvalue weighted by atomic mass is 9.88. The Morgan fingerprint density at radius 1 is 1.16 bits per heavy atom. The summed E-state index contributed by atoms with van der Waals surface area (Å²) in [6, 6.07) is 2.57. The lowest BCUT2D eigenvalue weighted by Crippen LogP contribution is -2.24. The fourth-order valence-electron chi connectivity index (χ4n) is 2.40. The highest BCUT2D eigenvalue weighted by atomic mass is 79.9. The molecule has 1 rings (SSSR count). The molecular formula is C15H21BrF2O. The van der Waals surface area contributed by atoms with Crippen LogP contribution in [0.3, 0.4) is 0 Å². The molecule has 0 spiro atoms. The normalized spacial score (nSPS) is 13.0. The highest BCUT2D eigenvalue weighted by Gasteiger charge is 2.22. The van der Waals surface area contributed by atoms with Crippen molar-refractivity contribution >= 4 is 15.9 Å². The molecular weight excluding hydrogens is 314 g/mol. The Morgan fingerprint density at radius 2 is 1.74 bits per heavy atom. The summed E-state index contributed by atoms with van der Waals surface area (Å²) in [4.78, 5) is 0. The van der Waals surface area contributed by atoms with Crippen LogP contribution >= 0.6 is 15.9 Å². The van der Waals surface area contributed by atoms with E-state index in [1.807, 2.05) is 0 Å². The molecule has 108 valence electrons. The number of aliphatic hydroxyl groups is 1. The first kappa shape index (κ1) is 16.6. The number of benzene rings is 1. The van der Waals surface area contributed by atoms with Gasteiger partial charge in [0.1, 0.15) is 11.6 Å². The lowest BCUT2D eigenvalue weighted by Gasteiger charge is -2.22. The van der Waals surface area contributed by atoms with Crippen LogP contribution in [0, 0.1) is 17.6 Å². The predicted molar refractivity (Wildman–Crippen MR) is 77.1 cm³/mol. The van der Waals surface area contributed by atoms with E-state index in [2.05, 4.69) is 29.8 Å². The summed E-state index contributed by atoms with van der Waals surface area (Å²) in [6.07, 6.45) is 3.02. The fraction of sp³-hybridized carbons (Fsp3) is 0.600. The highest BCUT2D eigenvalue weighted by Crippen LogP contribution is 2.26. The maximum absolute atomic E-state index is 13.9. The number of halogens is 3. The zero-order valence-corrected chi connectivity index (χ0v) is 13.0. The average Bonchev–Trinajstić information content (AvgIpc) is 2.38. The Balaban J connectivity index is 2.85. The van der Waals surface area contributed by atoms with Crippen LogP contribution in [0.2, 0.25) is 0 Å². The zero-order valence-electron chi connectivity index (χ0n) is 11.4. The van der Waals surface area contributed by atoms with Gasteiger partial charge < -0.3 is 5.11 Å². The Labute approximate surface area is 122 Å². The van der Waals surface area contributed by atoms with E-state index in [-0.39, 0.29) is 22.4 Å². The molecule has 1 unspecified atom stereocenters. The largest absolute Gasteiger partial charge is 0.392 e. The standard InChI is InChI=1S/C15H21BrF2O/c1-3-5-10(6-4-2)14(19)9-11-13(17)8-7-12(16)15(11)18/h7-8,10,14,19H,3-6,9H2,1-2H3. The molecule has 0 radical (unpaired) electrons. The number of hydrogen-bond donors (Lipinski definition) is 1. The third-order valence-electron chi connectivity index (χ3n) is 3.42. The van der Waals surface area contributed by atoms with Crippen LogP contribution in [-0.2, 0) is 6.42 Å². The fourth-order valence-corrected chi connectivity index (χ4v) is 2.77. The van der Waals surface area contributed by atoms with Crippen molar-refractivity contribution in [1.29, 1.82) is 0 Å². The molecule has 1 aromatic carbocycles. The van der Waals surface area contributed by atoms with E-state index in [9.17, 15) is 13.9 Å². The second kappa shape index (κ2) is 7.95. The SMILES string of the molecule is CCCC(CCC)C(O)Cc1c(F)ccc(Br)c1F. The van der Waals surface area contributed by atoms with Gasteiger partial charge in [-0.25, -0.2) is 8.78 Å². The summed E-state index contributed by atoms with van der Waals surface area (Å²) >= 11 is 3.05. The topological polar surface area (TPSA) is 20.2 Å². The van der Waals surface area contributed by atoms with Crippen molar-refractivity contribution < 1.29 is 13.9 Å². The zero-order chi connectivity index (χ0) is 14.4. The van der Waals surface area contributed by atoms with Crippen LogP contribution in [0.1, 0.15) is 45.1 Å². The molecule has 0 saturated heterocycles. The third kappa shape index (κ3) is 4.53. The van der Waals surface area contributed by atoms with Gasteiger partial charge in [0.2, 0.25) is 0 Å². The monoisotopic (exact) mass is 334 g/mol. The van der Waals surface area contributed by atoms with Crippen LogP contribution in [0.4, 0.5) is 8.78 Å². The molecule has 0 aromatic heterocycles. The molecule has 19 heavy (non-hydrogen) atoms. The second-order valence-electron chi connectivity index (χ2n) is 4.93. The number of hydrogen-bond acceptors (Lipinski definition) is 1. The molecule has 1 aromatic rings. The summed E-state index contributed by atoms with van der Waals surface area (Å²) in [5.74, 6) is -1.09. The number of rotatable bonds is 7.